The highest BCUT2D eigenvalue weighted by atomic mass is 19.4. The van der Waals surface area contributed by atoms with E-state index in [1.165, 1.54) is 6.07 Å². The first kappa shape index (κ1) is 17.2. The molecule has 2 rings (SSSR count). The number of hydrogen-bond donors (Lipinski definition) is 1. The number of aliphatic hydroxyl groups is 1. The lowest BCUT2D eigenvalue weighted by atomic mass is 9.83. The third-order valence-electron chi connectivity index (χ3n) is 4.64. The molecule has 1 saturated heterocycles. The van der Waals surface area contributed by atoms with Gasteiger partial charge in [-0.2, -0.15) is 13.2 Å². The molecule has 1 heterocycles. The number of alkyl halides is 3. The normalized spacial score (nSPS) is 20.9. The second kappa shape index (κ2) is 6.16. The number of likely N-dealkylation sites (tertiary alicyclic amines) is 1. The van der Waals surface area contributed by atoms with Crippen molar-refractivity contribution in [2.45, 2.75) is 50.9 Å². The number of benzene rings is 1. The van der Waals surface area contributed by atoms with Gasteiger partial charge in [-0.05, 0) is 32.3 Å². The Labute approximate surface area is 127 Å². The Kier molecular flexibility index (Phi) is 4.82. The number of hydrogen-bond acceptors (Lipinski definition) is 2. The Morgan fingerprint density at radius 1 is 1.27 bits per heavy atom. The van der Waals surface area contributed by atoms with Gasteiger partial charge in [0.15, 0.2) is 0 Å². The van der Waals surface area contributed by atoms with Crippen LogP contribution in [-0.2, 0) is 11.8 Å². The predicted octanol–water partition coefficient (Wildman–Crippen LogP) is 3.93. The van der Waals surface area contributed by atoms with E-state index in [0.29, 0.717) is 25.2 Å². The van der Waals surface area contributed by atoms with Gasteiger partial charge < -0.3 is 10.0 Å². The van der Waals surface area contributed by atoms with Crippen LogP contribution < -0.4 is 0 Å². The topological polar surface area (TPSA) is 23.5 Å². The van der Waals surface area contributed by atoms with E-state index in [9.17, 15) is 22.7 Å². The summed E-state index contributed by atoms with van der Waals surface area (Å²) in [7, 11) is 0. The van der Waals surface area contributed by atoms with Gasteiger partial charge in [0.2, 0.25) is 0 Å². The maximum atomic E-state index is 14.2. The second-order valence-electron chi connectivity index (χ2n) is 5.99. The van der Waals surface area contributed by atoms with Crippen molar-refractivity contribution in [2.24, 2.45) is 0 Å². The Hall–Kier alpha value is -1.14. The average Bonchev–Trinajstić information content (AvgIpc) is 2.46. The highest BCUT2D eigenvalue weighted by Gasteiger charge is 2.41. The van der Waals surface area contributed by atoms with E-state index in [4.69, 9.17) is 0 Å². The fourth-order valence-corrected chi connectivity index (χ4v) is 2.97. The second-order valence-corrected chi connectivity index (χ2v) is 5.99. The van der Waals surface area contributed by atoms with Crippen molar-refractivity contribution in [3.05, 3.63) is 35.1 Å². The third kappa shape index (κ3) is 3.27. The van der Waals surface area contributed by atoms with Gasteiger partial charge in [0.05, 0.1) is 11.2 Å². The molecule has 1 fully saturated rings. The van der Waals surface area contributed by atoms with Gasteiger partial charge in [-0.25, -0.2) is 4.39 Å². The summed E-state index contributed by atoms with van der Waals surface area (Å²) in [5, 5.41) is 10.7. The van der Waals surface area contributed by atoms with Gasteiger partial charge in [0, 0.05) is 24.7 Å². The van der Waals surface area contributed by atoms with Gasteiger partial charge in [0.25, 0.3) is 0 Å². The molecule has 0 amide bonds. The lowest BCUT2D eigenvalue weighted by molar-refractivity contribution is -0.140. The van der Waals surface area contributed by atoms with Crippen LogP contribution in [0.15, 0.2) is 18.2 Å². The van der Waals surface area contributed by atoms with Crippen LogP contribution in [0.25, 0.3) is 0 Å². The molecule has 0 saturated carbocycles. The maximum Gasteiger partial charge on any atom is 0.419 e. The minimum atomic E-state index is -4.76. The zero-order chi connectivity index (χ0) is 16.5. The standard InChI is InChI=1S/C16H21F4NO/c1-3-11(2)21-9-7-15(22,8-10-21)12-5-4-6-13(14(12)17)16(18,19)20/h4-6,11,22H,3,7-10H2,1-2H3. The molecule has 1 unspecified atom stereocenters. The summed E-state index contributed by atoms with van der Waals surface area (Å²) >= 11 is 0. The number of piperidine rings is 1. The minimum absolute atomic E-state index is 0.232. The monoisotopic (exact) mass is 319 g/mol. The fraction of sp³-hybridized carbons (Fsp3) is 0.625. The van der Waals surface area contributed by atoms with Crippen molar-refractivity contribution in [3.8, 4) is 0 Å². The largest absolute Gasteiger partial charge is 0.419 e. The predicted molar refractivity (Wildman–Crippen MR) is 75.9 cm³/mol. The zero-order valence-electron chi connectivity index (χ0n) is 12.8. The summed E-state index contributed by atoms with van der Waals surface area (Å²) in [6, 6.07) is 3.45. The molecule has 6 heteroatoms. The first-order valence-electron chi connectivity index (χ1n) is 7.51. The molecule has 0 spiro atoms. The van der Waals surface area contributed by atoms with Crippen molar-refractivity contribution in [1.29, 1.82) is 0 Å². The average molecular weight is 319 g/mol. The fourth-order valence-electron chi connectivity index (χ4n) is 2.97. The highest BCUT2D eigenvalue weighted by molar-refractivity contribution is 5.32. The molecule has 0 bridgehead atoms. The SMILES string of the molecule is CCC(C)N1CCC(O)(c2cccc(C(F)(F)F)c2F)CC1. The maximum absolute atomic E-state index is 14.2. The summed E-state index contributed by atoms with van der Waals surface area (Å²) in [4.78, 5) is 2.17. The van der Waals surface area contributed by atoms with E-state index < -0.39 is 23.2 Å². The number of nitrogens with zero attached hydrogens (tertiary/aromatic N) is 1. The Morgan fingerprint density at radius 3 is 2.36 bits per heavy atom. The molecule has 0 aliphatic carbocycles. The third-order valence-corrected chi connectivity index (χ3v) is 4.64. The van der Waals surface area contributed by atoms with E-state index in [1.54, 1.807) is 0 Å². The number of rotatable bonds is 3. The van der Waals surface area contributed by atoms with Crippen LogP contribution in [0.3, 0.4) is 0 Å². The molecular weight excluding hydrogens is 298 g/mol. The van der Waals surface area contributed by atoms with E-state index in [2.05, 4.69) is 18.7 Å². The van der Waals surface area contributed by atoms with E-state index in [-0.39, 0.29) is 18.4 Å². The van der Waals surface area contributed by atoms with Gasteiger partial charge in [-0.15, -0.1) is 0 Å². The molecule has 1 atom stereocenters. The molecule has 22 heavy (non-hydrogen) atoms. The molecule has 1 aromatic carbocycles. The molecule has 1 N–H and O–H groups in total. The van der Waals surface area contributed by atoms with Crippen molar-refractivity contribution in [2.75, 3.05) is 13.1 Å². The van der Waals surface area contributed by atoms with Gasteiger partial charge in [-0.1, -0.05) is 19.1 Å². The summed E-state index contributed by atoms with van der Waals surface area (Å²) in [5.74, 6) is -1.35. The lowest BCUT2D eigenvalue weighted by Gasteiger charge is -2.41. The van der Waals surface area contributed by atoms with Crippen LogP contribution >= 0.6 is 0 Å². The molecule has 0 radical (unpaired) electrons. The van der Waals surface area contributed by atoms with Crippen molar-refractivity contribution < 1.29 is 22.7 Å². The van der Waals surface area contributed by atoms with Crippen LogP contribution in [-0.4, -0.2) is 29.1 Å². The van der Waals surface area contributed by atoms with Crippen LogP contribution in [0.5, 0.6) is 0 Å². The van der Waals surface area contributed by atoms with E-state index in [0.717, 1.165) is 12.5 Å². The van der Waals surface area contributed by atoms with Crippen LogP contribution in [0, 0.1) is 5.82 Å². The van der Waals surface area contributed by atoms with Crippen LogP contribution in [0.2, 0.25) is 0 Å². The van der Waals surface area contributed by atoms with Gasteiger partial charge >= 0.3 is 6.18 Å². The minimum Gasteiger partial charge on any atom is -0.385 e. The quantitative estimate of drug-likeness (QED) is 0.854. The summed E-state index contributed by atoms with van der Waals surface area (Å²) in [6.45, 7) is 5.20. The van der Waals surface area contributed by atoms with E-state index >= 15 is 0 Å². The summed E-state index contributed by atoms with van der Waals surface area (Å²) in [6.07, 6.45) is -3.34. The summed E-state index contributed by atoms with van der Waals surface area (Å²) in [5.41, 5.74) is -3.09. The Balaban J connectivity index is 2.26. The molecular formula is C16H21F4NO. The lowest BCUT2D eigenvalue weighted by Crippen LogP contribution is -2.46. The molecule has 124 valence electrons. The first-order chi connectivity index (χ1) is 10.2. The molecule has 1 aromatic rings. The van der Waals surface area contributed by atoms with Crippen LogP contribution in [0.4, 0.5) is 17.6 Å². The van der Waals surface area contributed by atoms with Gasteiger partial charge in [-0.3, -0.25) is 0 Å². The van der Waals surface area contributed by atoms with Crippen molar-refractivity contribution in [1.82, 2.24) is 4.90 Å². The molecule has 1 aliphatic heterocycles. The highest BCUT2D eigenvalue weighted by Crippen LogP contribution is 2.39. The first-order valence-corrected chi connectivity index (χ1v) is 7.51. The smallest absolute Gasteiger partial charge is 0.385 e. The van der Waals surface area contributed by atoms with Crippen molar-refractivity contribution >= 4 is 0 Å². The summed E-state index contributed by atoms with van der Waals surface area (Å²) < 4.78 is 52.6. The molecule has 0 aromatic heterocycles. The molecule has 2 nitrogen and oxygen atoms in total. The van der Waals surface area contributed by atoms with E-state index in [1.807, 2.05) is 0 Å². The Morgan fingerprint density at radius 2 is 1.86 bits per heavy atom. The Bertz CT molecular complexity index is 521. The zero-order valence-corrected chi connectivity index (χ0v) is 12.8. The number of halogens is 4. The molecule has 1 aliphatic rings. The van der Waals surface area contributed by atoms with Crippen LogP contribution in [0.1, 0.15) is 44.2 Å². The van der Waals surface area contributed by atoms with Crippen molar-refractivity contribution in [3.63, 3.8) is 0 Å². The van der Waals surface area contributed by atoms with Gasteiger partial charge in [0.1, 0.15) is 5.82 Å².